The van der Waals surface area contributed by atoms with Gasteiger partial charge in [0.15, 0.2) is 0 Å². The average molecular weight is 1060 g/mol. The van der Waals surface area contributed by atoms with Crippen LogP contribution in [0.15, 0.2) is 83.9 Å². The first kappa shape index (κ1) is 51.0. The molecule has 7 heterocycles. The quantitative estimate of drug-likeness (QED) is 0.0686. The number of sulfonamides is 1. The van der Waals surface area contributed by atoms with Crippen LogP contribution in [0.3, 0.4) is 0 Å². The number of aliphatic hydroxyl groups is 1. The van der Waals surface area contributed by atoms with Gasteiger partial charge in [0, 0.05) is 87.3 Å². The van der Waals surface area contributed by atoms with Gasteiger partial charge < -0.3 is 39.4 Å². The first-order valence-corrected chi connectivity index (χ1v) is 29.0. The second-order valence-electron chi connectivity index (χ2n) is 23.1. The van der Waals surface area contributed by atoms with Gasteiger partial charge in [-0.25, -0.2) is 13.1 Å². The molecule has 2 aliphatic carbocycles. The molecular formula is C57H71N9O9S. The van der Waals surface area contributed by atoms with E-state index < -0.39 is 43.1 Å². The average Bonchev–Trinajstić information content (AvgIpc) is 3.88. The van der Waals surface area contributed by atoms with Gasteiger partial charge in [0.1, 0.15) is 23.1 Å². The Hall–Kier alpha value is -5.83. The SMILES string of the molecule is Cc1ccccc1[C@H]1C[C@H](N2CCOCC2)CCN1C1CC2(CCN(c3ccc(C(=O)NS(=O)(=O)c4ccc(NCC5CCC(C)(O)CC5)c([N+](=O)[O-])c4)c(N4c5cc6cc[nH]c6nc5O[C@H]5COCC[C@@H]54)c3)CC2)C1. The van der Waals surface area contributed by atoms with Crippen LogP contribution in [0.1, 0.15) is 105 Å². The third-order valence-electron chi connectivity index (χ3n) is 18.3. The number of pyridine rings is 1. The Morgan fingerprint density at radius 2 is 1.68 bits per heavy atom. The fourth-order valence-corrected chi connectivity index (χ4v) is 14.8. The fraction of sp³-hybridized carbons (Fsp3) is 0.544. The number of nitro benzene ring substituents is 1. The second-order valence-corrected chi connectivity index (χ2v) is 24.7. The molecule has 12 rings (SSSR count). The van der Waals surface area contributed by atoms with Crippen molar-refractivity contribution in [3.63, 3.8) is 0 Å². The topological polar surface area (TPSA) is 208 Å². The lowest BCUT2D eigenvalue weighted by molar-refractivity contribution is -0.384. The Labute approximate surface area is 444 Å². The van der Waals surface area contributed by atoms with Crippen LogP contribution in [0, 0.1) is 28.4 Å². The van der Waals surface area contributed by atoms with Crippen molar-refractivity contribution in [2.24, 2.45) is 11.3 Å². The first-order chi connectivity index (χ1) is 36.7. The Balaban J connectivity index is 0.804. The maximum atomic E-state index is 14.8. The van der Waals surface area contributed by atoms with Crippen molar-refractivity contribution in [2.75, 3.05) is 80.8 Å². The summed E-state index contributed by atoms with van der Waals surface area (Å²) < 4.78 is 49.0. The summed E-state index contributed by atoms with van der Waals surface area (Å²) in [5.74, 6) is -0.303. The van der Waals surface area contributed by atoms with Gasteiger partial charge in [-0.15, -0.1) is 0 Å². The first-order valence-electron chi connectivity index (χ1n) is 27.6. The number of amides is 1. The molecule has 5 aliphatic heterocycles. The third-order valence-corrected chi connectivity index (χ3v) is 19.6. The summed E-state index contributed by atoms with van der Waals surface area (Å²) in [6.45, 7) is 11.7. The minimum atomic E-state index is -4.62. The summed E-state index contributed by atoms with van der Waals surface area (Å²) in [4.78, 5) is 44.2. The minimum Gasteiger partial charge on any atom is -0.468 e. The molecule has 2 saturated carbocycles. The van der Waals surface area contributed by atoms with Gasteiger partial charge in [0.05, 0.1) is 52.5 Å². The summed E-state index contributed by atoms with van der Waals surface area (Å²) in [6, 6.07) is 23.4. The van der Waals surface area contributed by atoms with E-state index in [-0.39, 0.29) is 28.6 Å². The summed E-state index contributed by atoms with van der Waals surface area (Å²) in [6.07, 6.45) is 11.5. The van der Waals surface area contributed by atoms with Crippen molar-refractivity contribution in [3.05, 3.63) is 106 Å². The Morgan fingerprint density at radius 1 is 0.895 bits per heavy atom. The molecule has 0 radical (unpaired) electrons. The van der Waals surface area contributed by atoms with E-state index in [1.165, 1.54) is 42.5 Å². The van der Waals surface area contributed by atoms with Crippen LogP contribution >= 0.6 is 0 Å². The van der Waals surface area contributed by atoms with Gasteiger partial charge in [-0.1, -0.05) is 24.3 Å². The van der Waals surface area contributed by atoms with Crippen LogP contribution in [-0.4, -0.2) is 140 Å². The van der Waals surface area contributed by atoms with Crippen LogP contribution in [-0.2, 0) is 19.5 Å². The number of hydrogen-bond acceptors (Lipinski definition) is 15. The van der Waals surface area contributed by atoms with E-state index in [2.05, 4.69) is 65.8 Å². The molecule has 0 unspecified atom stereocenters. The molecule has 5 aromatic rings. The highest BCUT2D eigenvalue weighted by atomic mass is 32.2. The standard InChI is InChI=1S/C57H71N9O9S/c1-37-5-3-4-6-44(37)48-30-41(63-24-27-73-28-25-63)14-21-64(48)42-33-57(34-42)18-22-62(23-19-57)40-7-9-45(49(31-40)65-47-15-26-74-36-52(47)75-55-51(65)29-39-13-20-58-53(39)60-55)54(67)61-76(71,72)43-8-10-46(50(32-43)66(69)70)59-35-38-11-16-56(2,68)17-12-38/h3-10,13,20,29,31-32,38,41-42,47-48,52,59,68H,11-12,14-19,21-28,30,33-36H2,1-2H3,(H,58,60)(H,61,67)/t38?,41-,47+,48-,52+,56?/m1/s1. The molecule has 4 saturated heterocycles. The van der Waals surface area contributed by atoms with Gasteiger partial charge in [-0.3, -0.25) is 24.7 Å². The number of piperidine rings is 2. The van der Waals surface area contributed by atoms with E-state index in [9.17, 15) is 28.4 Å². The number of likely N-dealkylation sites (tertiary alicyclic amines) is 1. The van der Waals surface area contributed by atoms with Crippen molar-refractivity contribution < 1.29 is 37.5 Å². The molecular weight excluding hydrogens is 987 g/mol. The highest BCUT2D eigenvalue weighted by Crippen LogP contribution is 2.54. The van der Waals surface area contributed by atoms with Crippen molar-refractivity contribution in [3.8, 4) is 5.88 Å². The lowest BCUT2D eigenvalue weighted by atomic mass is 9.59. The van der Waals surface area contributed by atoms with Gasteiger partial charge in [-0.05, 0) is 149 Å². The number of carbonyl (C=O) groups excluding carboxylic acids is 1. The summed E-state index contributed by atoms with van der Waals surface area (Å²) >= 11 is 0. The number of nitrogens with zero attached hydrogens (tertiary/aromatic N) is 6. The highest BCUT2D eigenvalue weighted by Gasteiger charge is 2.51. The Bertz CT molecular complexity index is 3080. The number of morpholine rings is 1. The lowest BCUT2D eigenvalue weighted by Gasteiger charge is -2.58. The number of anilines is 4. The number of hydrogen-bond donors (Lipinski definition) is 4. The molecule has 76 heavy (non-hydrogen) atoms. The molecule has 7 aliphatic rings. The molecule has 18 nitrogen and oxygen atoms in total. The zero-order chi connectivity index (χ0) is 52.3. The van der Waals surface area contributed by atoms with Crippen LogP contribution in [0.5, 0.6) is 5.88 Å². The molecule has 1 amide bonds. The number of aromatic amines is 1. The van der Waals surface area contributed by atoms with Gasteiger partial charge in [-0.2, -0.15) is 4.98 Å². The predicted molar refractivity (Wildman–Crippen MR) is 290 cm³/mol. The van der Waals surface area contributed by atoms with Crippen LogP contribution in [0.2, 0.25) is 0 Å². The molecule has 4 atom stereocenters. The van der Waals surface area contributed by atoms with Gasteiger partial charge in [0.2, 0.25) is 5.88 Å². The number of carbonyl (C=O) groups is 1. The molecule has 404 valence electrons. The van der Waals surface area contributed by atoms with Crippen molar-refractivity contribution >= 4 is 55.4 Å². The lowest BCUT2D eigenvalue weighted by Crippen LogP contribution is -2.59. The maximum Gasteiger partial charge on any atom is 0.293 e. The molecule has 2 aromatic heterocycles. The normalized spacial score (nSPS) is 27.3. The zero-order valence-electron chi connectivity index (χ0n) is 43.6. The number of aromatic nitrogens is 2. The van der Waals surface area contributed by atoms with Crippen LogP contribution in [0.25, 0.3) is 11.0 Å². The highest BCUT2D eigenvalue weighted by molar-refractivity contribution is 7.90. The summed E-state index contributed by atoms with van der Waals surface area (Å²) in [5.41, 5.74) is 4.97. The van der Waals surface area contributed by atoms with Crippen LogP contribution in [0.4, 0.5) is 28.4 Å². The van der Waals surface area contributed by atoms with E-state index in [1.807, 2.05) is 37.4 Å². The Morgan fingerprint density at radius 3 is 2.46 bits per heavy atom. The molecule has 1 spiro atoms. The number of nitro groups is 1. The minimum absolute atomic E-state index is 0.120. The predicted octanol–water partition coefficient (Wildman–Crippen LogP) is 8.23. The van der Waals surface area contributed by atoms with E-state index in [1.54, 1.807) is 6.07 Å². The van der Waals surface area contributed by atoms with Crippen molar-refractivity contribution in [2.45, 2.75) is 125 Å². The molecule has 19 heteroatoms. The van der Waals surface area contributed by atoms with Gasteiger partial charge in [0.25, 0.3) is 21.6 Å². The van der Waals surface area contributed by atoms with E-state index >= 15 is 0 Å². The van der Waals surface area contributed by atoms with E-state index in [0.29, 0.717) is 80.0 Å². The number of benzene rings is 3. The number of fused-ring (bicyclic) bond motifs is 3. The molecule has 0 bridgehead atoms. The van der Waals surface area contributed by atoms with E-state index in [0.717, 1.165) is 95.2 Å². The largest absolute Gasteiger partial charge is 0.468 e. The number of nitrogens with one attached hydrogen (secondary N) is 3. The third kappa shape index (κ3) is 10.0. The fourth-order valence-electron chi connectivity index (χ4n) is 13.8. The Kier molecular flexibility index (Phi) is 13.8. The summed E-state index contributed by atoms with van der Waals surface area (Å²) in [5, 5.41) is 26.8. The molecule has 6 fully saturated rings. The number of H-pyrrole nitrogens is 1. The summed E-state index contributed by atoms with van der Waals surface area (Å²) in [7, 11) is -4.62. The monoisotopic (exact) mass is 1060 g/mol. The molecule has 3 aromatic carbocycles. The van der Waals surface area contributed by atoms with E-state index in [4.69, 9.17) is 19.2 Å². The van der Waals surface area contributed by atoms with Crippen molar-refractivity contribution in [1.29, 1.82) is 0 Å². The molecule has 4 N–H and O–H groups in total. The smallest absolute Gasteiger partial charge is 0.293 e. The van der Waals surface area contributed by atoms with Gasteiger partial charge >= 0.3 is 0 Å². The number of aryl methyl sites for hydroxylation is 1. The second kappa shape index (κ2) is 20.5. The number of rotatable bonds is 12. The number of ether oxygens (including phenoxy) is 3. The zero-order valence-corrected chi connectivity index (χ0v) is 44.4. The maximum absolute atomic E-state index is 14.8. The van der Waals surface area contributed by atoms with Crippen molar-refractivity contribution in [1.82, 2.24) is 24.5 Å². The van der Waals surface area contributed by atoms with Crippen LogP contribution < -0.4 is 24.6 Å².